The highest BCUT2D eigenvalue weighted by molar-refractivity contribution is 5.85. The molecule has 13 heavy (non-hydrogen) atoms. The summed E-state index contributed by atoms with van der Waals surface area (Å²) in [6.45, 7) is 1.65. The summed E-state index contributed by atoms with van der Waals surface area (Å²) in [6.07, 6.45) is 0. The molecule has 0 aromatic heterocycles. The first-order valence-corrected chi connectivity index (χ1v) is 3.57. The van der Waals surface area contributed by atoms with E-state index in [2.05, 4.69) is 5.43 Å². The van der Waals surface area contributed by atoms with Crippen LogP contribution in [0.15, 0.2) is 18.2 Å². The maximum atomic E-state index is 13.0. The van der Waals surface area contributed by atoms with Crippen molar-refractivity contribution in [3.05, 3.63) is 35.4 Å². The van der Waals surface area contributed by atoms with E-state index in [1.54, 1.807) is 6.92 Å². The van der Waals surface area contributed by atoms with Crippen LogP contribution in [0.25, 0.3) is 0 Å². The van der Waals surface area contributed by atoms with Crippen molar-refractivity contribution in [1.82, 2.24) is 5.43 Å². The van der Waals surface area contributed by atoms with Gasteiger partial charge in [0, 0.05) is 11.6 Å². The molecule has 0 spiro atoms. The molecule has 1 aromatic rings. The maximum absolute atomic E-state index is 13.0. The summed E-state index contributed by atoms with van der Waals surface area (Å²) >= 11 is 0. The lowest BCUT2D eigenvalue weighted by molar-refractivity contribution is 0.476. The van der Waals surface area contributed by atoms with Gasteiger partial charge in [-0.05, 0) is 13.0 Å². The fourth-order valence-corrected chi connectivity index (χ4v) is 0.945. The zero-order valence-electron chi connectivity index (χ0n) is 7.05. The van der Waals surface area contributed by atoms with Crippen LogP contribution in [0.4, 0.5) is 8.78 Å². The molecule has 0 aliphatic heterocycles. The minimum Gasteiger partial charge on any atom is -0.271 e. The van der Waals surface area contributed by atoms with Gasteiger partial charge in [0.2, 0.25) is 0 Å². The van der Waals surface area contributed by atoms with Crippen molar-refractivity contribution >= 4 is 12.4 Å². The monoisotopic (exact) mass is 208 g/mol. The Morgan fingerprint density at radius 3 is 2.54 bits per heavy atom. The topological polar surface area (TPSA) is 38.0 Å². The molecule has 1 rings (SSSR count). The Labute approximate surface area is 81.5 Å². The summed E-state index contributed by atoms with van der Waals surface area (Å²) in [5, 5.41) is 0. The molecule has 0 aliphatic rings. The van der Waals surface area contributed by atoms with Crippen molar-refractivity contribution in [2.75, 3.05) is 0 Å². The first kappa shape index (κ1) is 12.3. The first-order valence-electron chi connectivity index (χ1n) is 3.57. The van der Waals surface area contributed by atoms with E-state index in [4.69, 9.17) is 5.84 Å². The fourth-order valence-electron chi connectivity index (χ4n) is 0.945. The fraction of sp³-hybridized carbons (Fsp3) is 0.250. The van der Waals surface area contributed by atoms with Crippen molar-refractivity contribution < 1.29 is 8.78 Å². The molecule has 0 heterocycles. The standard InChI is InChI=1S/C8H10F2N2.ClH/c1-5(12-11)6-3-2-4-7(9)8(6)10;/h2-5,12H,11H2,1H3;1H. The smallest absolute Gasteiger partial charge is 0.163 e. The van der Waals surface area contributed by atoms with Gasteiger partial charge in [0.25, 0.3) is 0 Å². The number of rotatable bonds is 2. The molecule has 74 valence electrons. The van der Waals surface area contributed by atoms with Gasteiger partial charge in [0.05, 0.1) is 0 Å². The molecule has 1 unspecified atom stereocenters. The molecule has 2 nitrogen and oxygen atoms in total. The van der Waals surface area contributed by atoms with Crippen molar-refractivity contribution in [3.63, 3.8) is 0 Å². The van der Waals surface area contributed by atoms with Gasteiger partial charge in [-0.25, -0.2) is 8.78 Å². The van der Waals surface area contributed by atoms with Gasteiger partial charge in [-0.2, -0.15) is 0 Å². The van der Waals surface area contributed by atoms with E-state index in [1.807, 2.05) is 0 Å². The van der Waals surface area contributed by atoms with Gasteiger partial charge in [-0.15, -0.1) is 12.4 Å². The van der Waals surface area contributed by atoms with Crippen LogP contribution >= 0.6 is 12.4 Å². The van der Waals surface area contributed by atoms with Crippen molar-refractivity contribution in [2.45, 2.75) is 13.0 Å². The highest BCUT2D eigenvalue weighted by Gasteiger charge is 2.11. The molecule has 5 heteroatoms. The van der Waals surface area contributed by atoms with E-state index in [0.29, 0.717) is 0 Å². The molecular weight excluding hydrogens is 198 g/mol. The van der Waals surface area contributed by atoms with E-state index in [9.17, 15) is 8.78 Å². The molecule has 0 amide bonds. The van der Waals surface area contributed by atoms with Gasteiger partial charge in [-0.1, -0.05) is 12.1 Å². The molecule has 1 aromatic carbocycles. The number of nitrogens with two attached hydrogens (primary N) is 1. The van der Waals surface area contributed by atoms with Gasteiger partial charge in [0.1, 0.15) is 0 Å². The third kappa shape index (κ3) is 2.62. The molecule has 0 radical (unpaired) electrons. The highest BCUT2D eigenvalue weighted by Crippen LogP contribution is 2.17. The Morgan fingerprint density at radius 2 is 2.00 bits per heavy atom. The molecule has 0 aliphatic carbocycles. The summed E-state index contributed by atoms with van der Waals surface area (Å²) in [5.74, 6) is 3.39. The lowest BCUT2D eigenvalue weighted by Gasteiger charge is -2.10. The van der Waals surface area contributed by atoms with Crippen LogP contribution in [0.5, 0.6) is 0 Å². The third-order valence-corrected chi connectivity index (χ3v) is 1.70. The molecule has 0 saturated heterocycles. The Morgan fingerprint density at radius 1 is 1.38 bits per heavy atom. The SMILES string of the molecule is CC(NN)c1cccc(F)c1F.Cl. The molecule has 0 bridgehead atoms. The van der Waals surface area contributed by atoms with Crippen LogP contribution in [0, 0.1) is 11.6 Å². The lowest BCUT2D eigenvalue weighted by atomic mass is 10.1. The van der Waals surface area contributed by atoms with E-state index in [1.165, 1.54) is 12.1 Å². The van der Waals surface area contributed by atoms with Gasteiger partial charge in [0.15, 0.2) is 11.6 Å². The average molecular weight is 209 g/mol. The summed E-state index contributed by atoms with van der Waals surface area (Å²) < 4.78 is 25.6. The van der Waals surface area contributed by atoms with Crippen LogP contribution in [0.1, 0.15) is 18.5 Å². The lowest BCUT2D eigenvalue weighted by Crippen LogP contribution is -2.26. The maximum Gasteiger partial charge on any atom is 0.163 e. The second kappa shape index (κ2) is 5.11. The van der Waals surface area contributed by atoms with Gasteiger partial charge in [-0.3, -0.25) is 11.3 Å². The van der Waals surface area contributed by atoms with Crippen molar-refractivity contribution in [1.29, 1.82) is 0 Å². The second-order valence-corrected chi connectivity index (χ2v) is 2.53. The summed E-state index contributed by atoms with van der Waals surface area (Å²) in [4.78, 5) is 0. The van der Waals surface area contributed by atoms with E-state index in [0.717, 1.165) is 6.07 Å². The Hall–Kier alpha value is -0.710. The highest BCUT2D eigenvalue weighted by atomic mass is 35.5. The van der Waals surface area contributed by atoms with Gasteiger partial charge < -0.3 is 0 Å². The minimum absolute atomic E-state index is 0. The van der Waals surface area contributed by atoms with E-state index >= 15 is 0 Å². The first-order chi connectivity index (χ1) is 5.66. The van der Waals surface area contributed by atoms with Crippen LogP contribution in [-0.2, 0) is 0 Å². The normalized spacial score (nSPS) is 12.0. The van der Waals surface area contributed by atoms with Crippen molar-refractivity contribution in [3.8, 4) is 0 Å². The largest absolute Gasteiger partial charge is 0.271 e. The molecular formula is C8H11ClF2N2. The molecule has 0 saturated carbocycles. The van der Waals surface area contributed by atoms with Crippen molar-refractivity contribution in [2.24, 2.45) is 5.84 Å². The Kier molecular flexibility index (Phi) is 4.83. The van der Waals surface area contributed by atoms with Crippen LogP contribution in [0.2, 0.25) is 0 Å². The molecule has 1 atom stereocenters. The number of hydrogen-bond donors (Lipinski definition) is 2. The van der Waals surface area contributed by atoms with E-state index < -0.39 is 11.6 Å². The quantitative estimate of drug-likeness (QED) is 0.576. The summed E-state index contributed by atoms with van der Waals surface area (Å²) in [6, 6.07) is 3.62. The predicted molar refractivity (Wildman–Crippen MR) is 49.3 cm³/mol. The summed E-state index contributed by atoms with van der Waals surface area (Å²) in [5.41, 5.74) is 2.58. The zero-order valence-corrected chi connectivity index (χ0v) is 7.87. The van der Waals surface area contributed by atoms with E-state index in [-0.39, 0.29) is 24.0 Å². The predicted octanol–water partition coefficient (Wildman–Crippen LogP) is 1.91. The van der Waals surface area contributed by atoms with Crippen LogP contribution < -0.4 is 11.3 Å². The Balaban J connectivity index is 0.00000144. The van der Waals surface area contributed by atoms with Gasteiger partial charge >= 0.3 is 0 Å². The molecule has 0 fully saturated rings. The Bertz CT molecular complexity index is 281. The third-order valence-electron chi connectivity index (χ3n) is 1.70. The number of hydrogen-bond acceptors (Lipinski definition) is 2. The van der Waals surface area contributed by atoms with Crippen LogP contribution in [0.3, 0.4) is 0 Å². The number of benzene rings is 1. The minimum atomic E-state index is -0.852. The average Bonchev–Trinajstić information content (AvgIpc) is 2.08. The number of hydrazine groups is 1. The van der Waals surface area contributed by atoms with Crippen LogP contribution in [-0.4, -0.2) is 0 Å². The zero-order chi connectivity index (χ0) is 9.14. The summed E-state index contributed by atoms with van der Waals surface area (Å²) in [7, 11) is 0. The second-order valence-electron chi connectivity index (χ2n) is 2.53. The number of halogens is 3. The molecule has 3 N–H and O–H groups in total. The number of nitrogens with one attached hydrogen (secondary N) is 1.